The third-order valence-electron chi connectivity index (χ3n) is 6.26. The van der Waals surface area contributed by atoms with E-state index in [1.54, 1.807) is 0 Å². The number of aromatic amines is 1. The molecule has 186 valence electrons. The Labute approximate surface area is 209 Å². The Balaban J connectivity index is 1.42. The predicted molar refractivity (Wildman–Crippen MR) is 135 cm³/mol. The first-order valence-corrected chi connectivity index (χ1v) is 12.0. The van der Waals surface area contributed by atoms with Crippen LogP contribution in [0.3, 0.4) is 0 Å². The summed E-state index contributed by atoms with van der Waals surface area (Å²) in [6.45, 7) is 2.22. The van der Waals surface area contributed by atoms with Crippen LogP contribution in [-0.2, 0) is 17.8 Å². The van der Waals surface area contributed by atoms with Gasteiger partial charge < -0.3 is 15.4 Å². The van der Waals surface area contributed by atoms with Crippen molar-refractivity contribution in [1.29, 1.82) is 0 Å². The molecule has 7 nitrogen and oxygen atoms in total. The van der Waals surface area contributed by atoms with Crippen LogP contribution in [0.4, 0.5) is 4.39 Å². The van der Waals surface area contributed by atoms with E-state index < -0.39 is 29.8 Å². The highest BCUT2D eigenvalue weighted by Crippen LogP contribution is 2.24. The fourth-order valence-corrected chi connectivity index (χ4v) is 4.30. The van der Waals surface area contributed by atoms with Crippen molar-refractivity contribution in [3.8, 4) is 17.6 Å². The van der Waals surface area contributed by atoms with Crippen molar-refractivity contribution in [1.82, 2.24) is 20.2 Å². The van der Waals surface area contributed by atoms with Crippen molar-refractivity contribution >= 4 is 5.91 Å². The second-order valence-corrected chi connectivity index (χ2v) is 8.93. The van der Waals surface area contributed by atoms with Crippen LogP contribution in [-0.4, -0.2) is 52.2 Å². The van der Waals surface area contributed by atoms with Gasteiger partial charge in [-0.15, -0.1) is 0 Å². The number of benzene rings is 2. The van der Waals surface area contributed by atoms with Crippen LogP contribution < -0.4 is 10.9 Å². The average molecular weight is 489 g/mol. The van der Waals surface area contributed by atoms with Gasteiger partial charge in [0.25, 0.3) is 11.5 Å². The Morgan fingerprint density at radius 1 is 1.06 bits per heavy atom. The first kappa shape index (κ1) is 25.1. The molecule has 1 aliphatic rings. The molecule has 2 aromatic carbocycles. The number of hydrogen-bond acceptors (Lipinski definition) is 5. The van der Waals surface area contributed by atoms with Crippen LogP contribution in [0.2, 0.25) is 0 Å². The number of rotatable bonds is 8. The number of amides is 1. The number of nitrogens with one attached hydrogen (secondary N) is 2. The summed E-state index contributed by atoms with van der Waals surface area (Å²) in [5.74, 6) is 4.58. The molecule has 4 rings (SSSR count). The molecule has 0 spiro atoms. The SMILES string of the molecule is O=C(CF)NCC(Cc1ccc(C#Cc2ccc(CN3CCCC3)cc2)cc1)c1nc[nH]c(=O)c1O. The van der Waals surface area contributed by atoms with Gasteiger partial charge >= 0.3 is 0 Å². The third kappa shape index (κ3) is 6.80. The second-order valence-electron chi connectivity index (χ2n) is 8.93. The summed E-state index contributed by atoms with van der Waals surface area (Å²) in [7, 11) is 0. The minimum atomic E-state index is -1.14. The van der Waals surface area contributed by atoms with Gasteiger partial charge in [-0.1, -0.05) is 36.1 Å². The minimum Gasteiger partial charge on any atom is -0.502 e. The third-order valence-corrected chi connectivity index (χ3v) is 6.26. The summed E-state index contributed by atoms with van der Waals surface area (Å²) in [6, 6.07) is 15.9. The van der Waals surface area contributed by atoms with Crippen molar-refractivity contribution in [3.63, 3.8) is 0 Å². The van der Waals surface area contributed by atoms with Gasteiger partial charge in [-0.3, -0.25) is 14.5 Å². The van der Waals surface area contributed by atoms with Gasteiger partial charge in [-0.25, -0.2) is 9.37 Å². The van der Waals surface area contributed by atoms with Crippen LogP contribution in [0, 0.1) is 11.8 Å². The molecule has 1 aliphatic heterocycles. The number of halogens is 1. The van der Waals surface area contributed by atoms with Crippen molar-refractivity contribution < 1.29 is 14.3 Å². The normalized spacial score (nSPS) is 14.1. The topological polar surface area (TPSA) is 98.3 Å². The number of aromatic hydroxyl groups is 1. The van der Waals surface area contributed by atoms with Crippen LogP contribution in [0.5, 0.6) is 5.75 Å². The summed E-state index contributed by atoms with van der Waals surface area (Å²) < 4.78 is 12.6. The van der Waals surface area contributed by atoms with E-state index in [0.717, 1.165) is 23.2 Å². The monoisotopic (exact) mass is 488 g/mol. The Morgan fingerprint density at radius 3 is 2.28 bits per heavy atom. The minimum absolute atomic E-state index is 0.0298. The number of likely N-dealkylation sites (tertiary alicyclic amines) is 1. The summed E-state index contributed by atoms with van der Waals surface area (Å²) >= 11 is 0. The van der Waals surface area contributed by atoms with E-state index in [4.69, 9.17) is 0 Å². The molecule has 3 aromatic rings. The molecule has 2 heterocycles. The van der Waals surface area contributed by atoms with Crippen LogP contribution in [0.15, 0.2) is 59.7 Å². The van der Waals surface area contributed by atoms with Crippen LogP contribution in [0.1, 0.15) is 46.7 Å². The Bertz CT molecular complexity index is 1290. The van der Waals surface area contributed by atoms with E-state index in [1.165, 1.54) is 37.8 Å². The second kappa shape index (κ2) is 12.1. The smallest absolute Gasteiger partial charge is 0.293 e. The molecular formula is C28H29FN4O3. The van der Waals surface area contributed by atoms with Crippen LogP contribution >= 0.6 is 0 Å². The highest BCUT2D eigenvalue weighted by atomic mass is 19.1. The lowest BCUT2D eigenvalue weighted by Crippen LogP contribution is -2.31. The van der Waals surface area contributed by atoms with Crippen molar-refractivity contribution in [2.24, 2.45) is 0 Å². The highest BCUT2D eigenvalue weighted by molar-refractivity contribution is 5.77. The number of H-pyrrole nitrogens is 1. The highest BCUT2D eigenvalue weighted by Gasteiger charge is 2.20. The van der Waals surface area contributed by atoms with Crippen LogP contribution in [0.25, 0.3) is 0 Å². The average Bonchev–Trinajstić information content (AvgIpc) is 3.41. The lowest BCUT2D eigenvalue weighted by atomic mass is 9.94. The lowest BCUT2D eigenvalue weighted by molar-refractivity contribution is -0.122. The number of nitrogens with zero attached hydrogens (tertiary/aromatic N) is 2. The molecule has 1 aromatic heterocycles. The van der Waals surface area contributed by atoms with Gasteiger partial charge in [0.1, 0.15) is 0 Å². The van der Waals surface area contributed by atoms with Crippen molar-refractivity contribution in [3.05, 3.63) is 93.2 Å². The summed E-state index contributed by atoms with van der Waals surface area (Å²) in [5.41, 5.74) is 3.47. The number of carbonyl (C=O) groups is 1. The van der Waals surface area contributed by atoms with Crippen molar-refractivity contribution in [2.75, 3.05) is 26.3 Å². The fraction of sp³-hybridized carbons (Fsp3) is 0.321. The molecule has 1 saturated heterocycles. The molecule has 0 saturated carbocycles. The standard InChI is InChI=1S/C28H29FN4O3/c29-16-25(34)30-17-24(26-27(35)28(36)32-19-31-26)15-22-9-5-20(6-10-22)3-4-21-7-11-23(12-8-21)18-33-13-1-2-14-33/h5-12,19,24,35H,1-2,13-18H2,(H,30,34)(H,31,32,36). The van der Waals surface area contributed by atoms with Gasteiger partial charge in [0, 0.05) is 30.1 Å². The molecule has 0 bridgehead atoms. The maximum atomic E-state index is 12.6. The molecule has 1 unspecified atom stereocenters. The van der Waals surface area contributed by atoms with Gasteiger partial charge in [0.05, 0.1) is 12.0 Å². The van der Waals surface area contributed by atoms with E-state index >= 15 is 0 Å². The number of aromatic nitrogens is 2. The summed E-state index contributed by atoms with van der Waals surface area (Å²) in [4.78, 5) is 32.1. The first-order valence-electron chi connectivity index (χ1n) is 12.0. The summed E-state index contributed by atoms with van der Waals surface area (Å²) in [5, 5.41) is 12.6. The zero-order valence-electron chi connectivity index (χ0n) is 20.0. The zero-order valence-corrected chi connectivity index (χ0v) is 20.0. The molecule has 3 N–H and O–H groups in total. The Kier molecular flexibility index (Phi) is 8.48. The van der Waals surface area contributed by atoms with E-state index in [1.807, 2.05) is 36.4 Å². The molecule has 1 amide bonds. The maximum absolute atomic E-state index is 12.6. The van der Waals surface area contributed by atoms with Gasteiger partial charge in [-0.05, 0) is 67.7 Å². The zero-order chi connectivity index (χ0) is 25.3. The van der Waals surface area contributed by atoms with Gasteiger partial charge in [0.2, 0.25) is 5.75 Å². The molecule has 36 heavy (non-hydrogen) atoms. The van der Waals surface area contributed by atoms with Gasteiger partial charge in [-0.2, -0.15) is 0 Å². The predicted octanol–water partition coefficient (Wildman–Crippen LogP) is 2.88. The van der Waals surface area contributed by atoms with Gasteiger partial charge in [0.15, 0.2) is 6.67 Å². The van der Waals surface area contributed by atoms with E-state index in [9.17, 15) is 19.1 Å². The Hall–Kier alpha value is -3.96. The molecule has 0 radical (unpaired) electrons. The quantitative estimate of drug-likeness (QED) is 0.424. The lowest BCUT2D eigenvalue weighted by Gasteiger charge is -2.17. The summed E-state index contributed by atoms with van der Waals surface area (Å²) in [6.07, 6.45) is 4.13. The molecule has 1 fully saturated rings. The number of alkyl halides is 1. The number of carbonyl (C=O) groups excluding carboxylic acids is 1. The molecule has 8 heteroatoms. The number of hydrogen-bond donors (Lipinski definition) is 3. The Morgan fingerprint density at radius 2 is 1.67 bits per heavy atom. The largest absolute Gasteiger partial charge is 0.502 e. The van der Waals surface area contributed by atoms with E-state index in [2.05, 4.69) is 44.2 Å². The fourth-order valence-electron chi connectivity index (χ4n) is 4.30. The molecule has 0 aliphatic carbocycles. The molecule has 1 atom stereocenters. The maximum Gasteiger partial charge on any atom is 0.293 e. The molecular weight excluding hydrogens is 459 g/mol. The van der Waals surface area contributed by atoms with E-state index in [-0.39, 0.29) is 12.2 Å². The van der Waals surface area contributed by atoms with E-state index in [0.29, 0.717) is 6.42 Å². The first-order chi connectivity index (χ1) is 17.5. The van der Waals surface area contributed by atoms with Crippen molar-refractivity contribution in [2.45, 2.75) is 31.7 Å².